The van der Waals surface area contributed by atoms with E-state index in [1.807, 2.05) is 6.07 Å². The highest BCUT2D eigenvalue weighted by atomic mass is 79.9. The molecular weight excluding hydrogens is 416 g/mol. The van der Waals surface area contributed by atoms with Gasteiger partial charge < -0.3 is 19.7 Å². The molecule has 0 aliphatic carbocycles. The lowest BCUT2D eigenvalue weighted by Gasteiger charge is -2.26. The van der Waals surface area contributed by atoms with Crippen molar-refractivity contribution in [3.8, 4) is 11.6 Å². The molecule has 1 aliphatic heterocycles. The number of carbonyl (C=O) groups excluding carboxylic acids is 2. The second-order valence-electron chi connectivity index (χ2n) is 6.21. The Kier molecular flexibility index (Phi) is 4.03. The minimum absolute atomic E-state index is 0.0258. The second kappa shape index (κ2) is 6.27. The minimum Gasteiger partial charge on any atom is -0.497 e. The number of aromatic hydroxyl groups is 1. The van der Waals surface area contributed by atoms with Crippen molar-refractivity contribution in [1.82, 2.24) is 20.2 Å². The molecule has 27 heavy (non-hydrogen) atoms. The van der Waals surface area contributed by atoms with Crippen LogP contribution in [0.1, 0.15) is 5.69 Å². The zero-order valence-electron chi connectivity index (χ0n) is 14.2. The van der Waals surface area contributed by atoms with E-state index in [1.54, 1.807) is 43.8 Å². The number of halogens is 1. The summed E-state index contributed by atoms with van der Waals surface area (Å²) in [5.74, 6) is 0.0400. The molecule has 3 aromatic rings. The van der Waals surface area contributed by atoms with Gasteiger partial charge in [0.05, 0.1) is 19.3 Å². The van der Waals surface area contributed by atoms with Gasteiger partial charge in [-0.25, -0.2) is 4.79 Å². The number of nitrogens with one attached hydrogen (secondary N) is 2. The first kappa shape index (κ1) is 17.3. The summed E-state index contributed by atoms with van der Waals surface area (Å²) < 4.78 is 7.45. The number of methoxy groups -OCH3 is 1. The van der Waals surface area contributed by atoms with Crippen LogP contribution >= 0.6 is 15.9 Å². The first-order chi connectivity index (χ1) is 12.9. The Balaban J connectivity index is 1.82. The van der Waals surface area contributed by atoms with Crippen LogP contribution < -0.4 is 15.4 Å². The zero-order valence-corrected chi connectivity index (χ0v) is 15.8. The molecule has 1 atom stereocenters. The minimum atomic E-state index is -1.44. The van der Waals surface area contributed by atoms with Crippen molar-refractivity contribution in [2.75, 3.05) is 7.11 Å². The molecule has 0 saturated carbocycles. The molecular formula is C18H15BrN4O4. The fourth-order valence-electron chi connectivity index (χ4n) is 3.22. The molecule has 2 aromatic heterocycles. The van der Waals surface area contributed by atoms with Crippen LogP contribution in [0, 0.1) is 0 Å². The van der Waals surface area contributed by atoms with Crippen LogP contribution in [0.2, 0.25) is 0 Å². The Labute approximate surface area is 162 Å². The summed E-state index contributed by atoms with van der Waals surface area (Å²) in [6.07, 6.45) is 3.26. The average Bonchev–Trinajstić information content (AvgIpc) is 3.12. The summed E-state index contributed by atoms with van der Waals surface area (Å²) in [6.45, 7) is -0.0258. The maximum atomic E-state index is 12.7. The third kappa shape index (κ3) is 2.80. The van der Waals surface area contributed by atoms with Gasteiger partial charge in [0.2, 0.25) is 0 Å². The smallest absolute Gasteiger partial charge is 0.322 e. The number of aromatic nitrogens is 2. The Morgan fingerprint density at radius 3 is 2.74 bits per heavy atom. The average molecular weight is 431 g/mol. The standard InChI is InChI=1S/C18H15BrN4O4/c1-27-12-4-2-10-8-23(15(24)13(10)6-12)9-18(16(25)21-17(26)22-18)14-5-3-11(19)7-20-14/h2-8,24H,9H2,1H3,(H2,21,22,25,26). The number of hydrogen-bond acceptors (Lipinski definition) is 5. The summed E-state index contributed by atoms with van der Waals surface area (Å²) in [6, 6.07) is 8.07. The van der Waals surface area contributed by atoms with Crippen LogP contribution in [-0.4, -0.2) is 33.7 Å². The molecule has 0 radical (unpaired) electrons. The van der Waals surface area contributed by atoms with Gasteiger partial charge in [0, 0.05) is 27.6 Å². The van der Waals surface area contributed by atoms with Crippen molar-refractivity contribution in [3.63, 3.8) is 0 Å². The number of nitrogens with zero attached hydrogens (tertiary/aromatic N) is 2. The van der Waals surface area contributed by atoms with Crippen molar-refractivity contribution in [3.05, 3.63) is 52.9 Å². The summed E-state index contributed by atoms with van der Waals surface area (Å²) in [5.41, 5.74) is -1.07. The van der Waals surface area contributed by atoms with Gasteiger partial charge in [-0.2, -0.15) is 0 Å². The highest BCUT2D eigenvalue weighted by Gasteiger charge is 2.49. The van der Waals surface area contributed by atoms with Crippen molar-refractivity contribution in [2.24, 2.45) is 0 Å². The third-order valence-corrected chi connectivity index (χ3v) is 5.05. The first-order valence-electron chi connectivity index (χ1n) is 8.04. The molecule has 1 fully saturated rings. The van der Waals surface area contributed by atoms with Gasteiger partial charge in [0.15, 0.2) is 11.4 Å². The first-order valence-corrected chi connectivity index (χ1v) is 8.84. The van der Waals surface area contributed by atoms with Crippen LogP contribution in [0.5, 0.6) is 11.6 Å². The molecule has 3 N–H and O–H groups in total. The van der Waals surface area contributed by atoms with Gasteiger partial charge in [0.1, 0.15) is 5.75 Å². The van der Waals surface area contributed by atoms with Crippen molar-refractivity contribution in [1.29, 1.82) is 0 Å². The number of benzene rings is 1. The highest BCUT2D eigenvalue weighted by Crippen LogP contribution is 2.34. The largest absolute Gasteiger partial charge is 0.497 e. The Hall–Kier alpha value is -3.07. The lowest BCUT2D eigenvalue weighted by atomic mass is 9.94. The predicted molar refractivity (Wildman–Crippen MR) is 100 cm³/mol. The van der Waals surface area contributed by atoms with E-state index in [-0.39, 0.29) is 12.4 Å². The second-order valence-corrected chi connectivity index (χ2v) is 7.12. The number of imide groups is 1. The van der Waals surface area contributed by atoms with Gasteiger partial charge in [-0.1, -0.05) is 0 Å². The van der Waals surface area contributed by atoms with E-state index in [0.717, 1.165) is 9.86 Å². The van der Waals surface area contributed by atoms with Gasteiger partial charge in [-0.15, -0.1) is 0 Å². The number of hydrogen-bond donors (Lipinski definition) is 3. The van der Waals surface area contributed by atoms with Gasteiger partial charge in [-0.3, -0.25) is 15.1 Å². The Bertz CT molecular complexity index is 1060. The normalized spacial score (nSPS) is 19.2. The summed E-state index contributed by atoms with van der Waals surface area (Å²) >= 11 is 3.31. The molecule has 0 bridgehead atoms. The fourth-order valence-corrected chi connectivity index (χ4v) is 3.46. The van der Waals surface area contributed by atoms with E-state index in [0.29, 0.717) is 16.8 Å². The molecule has 1 saturated heterocycles. The summed E-state index contributed by atoms with van der Waals surface area (Å²) in [4.78, 5) is 28.8. The Morgan fingerprint density at radius 2 is 2.11 bits per heavy atom. The molecule has 1 unspecified atom stereocenters. The van der Waals surface area contributed by atoms with Crippen molar-refractivity contribution in [2.45, 2.75) is 12.1 Å². The zero-order chi connectivity index (χ0) is 19.2. The maximum Gasteiger partial charge on any atom is 0.322 e. The summed E-state index contributed by atoms with van der Waals surface area (Å²) in [7, 11) is 1.54. The summed E-state index contributed by atoms with van der Waals surface area (Å²) in [5, 5.41) is 16.9. The number of ether oxygens (including phenoxy) is 1. The van der Waals surface area contributed by atoms with E-state index in [9.17, 15) is 14.7 Å². The third-order valence-electron chi connectivity index (χ3n) is 4.58. The maximum absolute atomic E-state index is 12.7. The van der Waals surface area contributed by atoms with E-state index in [4.69, 9.17) is 4.74 Å². The molecule has 1 aromatic carbocycles. The van der Waals surface area contributed by atoms with Crippen molar-refractivity contribution < 1.29 is 19.4 Å². The lowest BCUT2D eigenvalue weighted by Crippen LogP contribution is -2.47. The number of pyridine rings is 1. The fraction of sp³-hybridized carbons (Fsp3) is 0.167. The Morgan fingerprint density at radius 1 is 1.30 bits per heavy atom. The van der Waals surface area contributed by atoms with Crippen LogP contribution in [0.15, 0.2) is 47.2 Å². The molecule has 4 rings (SSSR count). The van der Waals surface area contributed by atoms with Gasteiger partial charge in [0.25, 0.3) is 5.91 Å². The van der Waals surface area contributed by atoms with Crippen LogP contribution in [0.3, 0.4) is 0 Å². The lowest BCUT2D eigenvalue weighted by molar-refractivity contribution is -0.125. The predicted octanol–water partition coefficient (Wildman–Crippen LogP) is 2.25. The molecule has 9 heteroatoms. The topological polar surface area (TPSA) is 105 Å². The number of amides is 3. The highest BCUT2D eigenvalue weighted by molar-refractivity contribution is 9.10. The van der Waals surface area contributed by atoms with Gasteiger partial charge >= 0.3 is 6.03 Å². The van der Waals surface area contributed by atoms with Crippen LogP contribution in [0.4, 0.5) is 4.79 Å². The van der Waals surface area contributed by atoms with Crippen molar-refractivity contribution >= 4 is 38.6 Å². The number of rotatable bonds is 4. The van der Waals surface area contributed by atoms with Crippen LogP contribution in [0.25, 0.3) is 10.8 Å². The molecule has 1 aliphatic rings. The van der Waals surface area contributed by atoms with E-state index in [1.165, 1.54) is 4.57 Å². The molecule has 3 heterocycles. The SMILES string of the molecule is COc1ccc2cn(CC3(c4ccc(Br)cn4)NC(=O)NC3=O)c(O)c2c1. The monoisotopic (exact) mass is 430 g/mol. The van der Waals surface area contributed by atoms with Gasteiger partial charge in [-0.05, 0) is 46.3 Å². The van der Waals surface area contributed by atoms with E-state index >= 15 is 0 Å². The molecule has 3 amide bonds. The quantitative estimate of drug-likeness (QED) is 0.550. The van der Waals surface area contributed by atoms with E-state index < -0.39 is 17.5 Å². The number of carbonyl (C=O) groups is 2. The van der Waals surface area contributed by atoms with E-state index in [2.05, 4.69) is 31.5 Å². The van der Waals surface area contributed by atoms with Crippen LogP contribution in [-0.2, 0) is 16.9 Å². The number of fused-ring (bicyclic) bond motifs is 1. The molecule has 138 valence electrons. The molecule has 0 spiro atoms. The number of urea groups is 1. The molecule has 8 nitrogen and oxygen atoms in total.